The van der Waals surface area contributed by atoms with E-state index in [-0.39, 0.29) is 0 Å². The molecule has 1 heterocycles. The molecule has 17 heavy (non-hydrogen) atoms. The van der Waals surface area contributed by atoms with Crippen molar-refractivity contribution in [3.63, 3.8) is 0 Å². The summed E-state index contributed by atoms with van der Waals surface area (Å²) in [5.74, 6) is -0.0296. The second kappa shape index (κ2) is 4.26. The van der Waals surface area contributed by atoms with E-state index < -0.39 is 16.0 Å². The van der Waals surface area contributed by atoms with Gasteiger partial charge in [0.2, 0.25) is 0 Å². The molecule has 1 aromatic carbocycles. The molecular formula is C13H18O3S. The van der Waals surface area contributed by atoms with Crippen LogP contribution < -0.4 is 4.74 Å². The number of carboxylic acids is 1. The van der Waals surface area contributed by atoms with Crippen LogP contribution in [-0.4, -0.2) is 36.5 Å². The third kappa shape index (κ3) is 2.27. The number of carboxylic acid groups (broad SMARTS) is 1. The largest absolute Gasteiger partial charge is 0.492 e. The van der Waals surface area contributed by atoms with Gasteiger partial charge in [-0.1, -0.05) is 6.07 Å². The van der Waals surface area contributed by atoms with Gasteiger partial charge in [0, 0.05) is 4.90 Å². The van der Waals surface area contributed by atoms with Gasteiger partial charge in [-0.05, 0) is 43.2 Å². The van der Waals surface area contributed by atoms with Crippen LogP contribution in [0.4, 0.5) is 0 Å². The maximum atomic E-state index is 11.3. The number of benzene rings is 1. The molecule has 0 bridgehead atoms. The molecule has 94 valence electrons. The minimum absolute atomic E-state index is 0.396. The topological polar surface area (TPSA) is 46.5 Å². The summed E-state index contributed by atoms with van der Waals surface area (Å²) in [7, 11) is -1.13. The van der Waals surface area contributed by atoms with E-state index in [0.717, 1.165) is 29.1 Å². The maximum Gasteiger partial charge on any atom is 0.336 e. The Morgan fingerprint density at radius 2 is 2.06 bits per heavy atom. The van der Waals surface area contributed by atoms with Crippen LogP contribution in [0.2, 0.25) is 0 Å². The first kappa shape index (κ1) is 12.3. The van der Waals surface area contributed by atoms with Gasteiger partial charge in [-0.3, -0.25) is 0 Å². The zero-order chi connectivity index (χ0) is 12.6. The summed E-state index contributed by atoms with van der Waals surface area (Å²) in [5.41, 5.74) is 1.55. The van der Waals surface area contributed by atoms with E-state index >= 15 is 0 Å². The van der Waals surface area contributed by atoms with Crippen molar-refractivity contribution < 1.29 is 14.6 Å². The molecule has 1 aromatic rings. The normalized spacial score (nSPS) is 15.9. The van der Waals surface area contributed by atoms with Crippen LogP contribution in [0.1, 0.15) is 22.3 Å². The van der Waals surface area contributed by atoms with E-state index in [2.05, 4.69) is 18.8 Å². The molecule has 1 aliphatic rings. The van der Waals surface area contributed by atoms with Gasteiger partial charge in [-0.25, -0.2) is 14.8 Å². The Balaban J connectivity index is 2.68. The predicted molar refractivity (Wildman–Crippen MR) is 70.8 cm³/mol. The minimum atomic E-state index is -1.13. The average molecular weight is 254 g/mol. The predicted octanol–water partition coefficient (Wildman–Crippen LogP) is 2.76. The number of aryl methyl sites for hydroxylation is 1. The Morgan fingerprint density at radius 3 is 2.65 bits per heavy atom. The fourth-order valence-electron chi connectivity index (χ4n) is 2.17. The van der Waals surface area contributed by atoms with Crippen molar-refractivity contribution in [2.24, 2.45) is 0 Å². The summed E-state index contributed by atoms with van der Waals surface area (Å²) in [6.45, 7) is 0.693. The van der Waals surface area contributed by atoms with E-state index in [1.807, 2.05) is 6.07 Å². The van der Waals surface area contributed by atoms with Gasteiger partial charge in [-0.2, -0.15) is 0 Å². The highest BCUT2D eigenvalue weighted by atomic mass is 32.3. The average Bonchev–Trinajstić information content (AvgIpc) is 2.26. The molecule has 3 nitrogen and oxygen atoms in total. The Bertz CT molecular complexity index is 460. The van der Waals surface area contributed by atoms with Crippen molar-refractivity contribution in [3.8, 4) is 5.75 Å². The number of carbonyl (C=O) groups is 1. The number of ether oxygens (including phenoxy) is 1. The molecule has 1 N–H and O–H groups in total. The van der Waals surface area contributed by atoms with Crippen LogP contribution >= 0.6 is 10.0 Å². The Morgan fingerprint density at radius 1 is 1.35 bits per heavy atom. The Kier molecular flexibility index (Phi) is 3.08. The van der Waals surface area contributed by atoms with E-state index in [9.17, 15) is 9.90 Å². The third-order valence-corrected chi connectivity index (χ3v) is 4.50. The number of fused-ring (bicyclic) bond motifs is 1. The van der Waals surface area contributed by atoms with Crippen molar-refractivity contribution in [3.05, 3.63) is 23.3 Å². The van der Waals surface area contributed by atoms with E-state index in [0.29, 0.717) is 12.2 Å². The number of hydrogen-bond donors (Lipinski definition) is 1. The lowest BCUT2D eigenvalue weighted by atomic mass is 10.0. The number of aromatic carboxylic acids is 1. The Labute approximate surface area is 103 Å². The molecule has 2 rings (SSSR count). The van der Waals surface area contributed by atoms with E-state index in [4.69, 9.17) is 4.74 Å². The van der Waals surface area contributed by atoms with Crippen molar-refractivity contribution in [1.82, 2.24) is 0 Å². The van der Waals surface area contributed by atoms with Gasteiger partial charge in [0.25, 0.3) is 0 Å². The smallest absolute Gasteiger partial charge is 0.336 e. The summed E-state index contributed by atoms with van der Waals surface area (Å²) >= 11 is 0. The van der Waals surface area contributed by atoms with Crippen LogP contribution in [-0.2, 0) is 6.42 Å². The monoisotopic (exact) mass is 254 g/mol. The first-order valence-corrected chi connectivity index (χ1v) is 8.47. The summed E-state index contributed by atoms with van der Waals surface area (Å²) in [4.78, 5) is 12.2. The number of hydrogen-bond acceptors (Lipinski definition) is 2. The molecule has 0 aromatic heterocycles. The van der Waals surface area contributed by atoms with Crippen LogP contribution in [0, 0.1) is 0 Å². The molecular weight excluding hydrogens is 236 g/mol. The molecule has 0 atom stereocenters. The second-order valence-electron chi connectivity index (χ2n) is 5.02. The molecule has 0 saturated carbocycles. The lowest BCUT2D eigenvalue weighted by Crippen LogP contribution is -2.14. The van der Waals surface area contributed by atoms with Gasteiger partial charge in [0.1, 0.15) is 5.75 Å². The van der Waals surface area contributed by atoms with E-state index in [1.54, 1.807) is 6.07 Å². The molecule has 1 aliphatic heterocycles. The lowest BCUT2D eigenvalue weighted by Gasteiger charge is -2.32. The fourth-order valence-corrected chi connectivity index (χ4v) is 3.73. The standard InChI is InChI=1S/C13H18O3S/c1-17(2,3)12-10(13(14)15)7-6-9-5-4-8-16-11(9)12/h6-7H,4-5,8H2,1-3H3,(H,14,15). The summed E-state index contributed by atoms with van der Waals surface area (Å²) in [6, 6.07) is 3.62. The molecule has 0 spiro atoms. The molecule has 0 unspecified atom stereocenters. The lowest BCUT2D eigenvalue weighted by molar-refractivity contribution is 0.0691. The van der Waals surface area contributed by atoms with Crippen LogP contribution in [0.25, 0.3) is 0 Å². The first-order valence-electron chi connectivity index (χ1n) is 5.61. The highest BCUT2D eigenvalue weighted by molar-refractivity contribution is 8.32. The zero-order valence-corrected chi connectivity index (χ0v) is 11.3. The first-order chi connectivity index (χ1) is 7.91. The molecule has 4 heteroatoms. The number of rotatable bonds is 2. The van der Waals surface area contributed by atoms with Crippen molar-refractivity contribution >= 4 is 16.0 Å². The van der Waals surface area contributed by atoms with E-state index in [1.165, 1.54) is 0 Å². The fraction of sp³-hybridized carbons (Fsp3) is 0.462. The molecule has 0 aliphatic carbocycles. The van der Waals surface area contributed by atoms with Crippen LogP contribution in [0.15, 0.2) is 17.0 Å². The summed E-state index contributed by atoms with van der Waals surface area (Å²) in [5, 5.41) is 9.29. The van der Waals surface area contributed by atoms with Crippen LogP contribution in [0.5, 0.6) is 5.75 Å². The van der Waals surface area contributed by atoms with Crippen molar-refractivity contribution in [2.75, 3.05) is 25.4 Å². The summed E-state index contributed by atoms with van der Waals surface area (Å²) in [6.07, 6.45) is 8.31. The Hall–Kier alpha value is -1.16. The van der Waals surface area contributed by atoms with Gasteiger partial charge in [0.05, 0.1) is 12.2 Å². The van der Waals surface area contributed by atoms with Crippen LogP contribution in [0.3, 0.4) is 0 Å². The van der Waals surface area contributed by atoms with Crippen molar-refractivity contribution in [1.29, 1.82) is 0 Å². The SMILES string of the molecule is CS(C)(C)c1c(C(=O)O)ccc2c1OCCC2. The molecule has 0 saturated heterocycles. The van der Waals surface area contributed by atoms with Gasteiger partial charge >= 0.3 is 5.97 Å². The zero-order valence-electron chi connectivity index (χ0n) is 10.4. The molecule has 0 amide bonds. The quantitative estimate of drug-likeness (QED) is 0.882. The van der Waals surface area contributed by atoms with Crippen molar-refractivity contribution in [2.45, 2.75) is 17.7 Å². The van der Waals surface area contributed by atoms with Gasteiger partial charge in [0.15, 0.2) is 0 Å². The van der Waals surface area contributed by atoms with Gasteiger partial charge < -0.3 is 9.84 Å². The molecule has 0 fully saturated rings. The highest BCUT2D eigenvalue weighted by Gasteiger charge is 2.26. The summed E-state index contributed by atoms with van der Waals surface area (Å²) < 4.78 is 5.73. The minimum Gasteiger partial charge on any atom is -0.492 e. The third-order valence-electron chi connectivity index (χ3n) is 2.87. The molecule has 0 radical (unpaired) electrons. The highest BCUT2D eigenvalue weighted by Crippen LogP contribution is 2.53. The van der Waals surface area contributed by atoms with Gasteiger partial charge in [-0.15, -0.1) is 0 Å². The second-order valence-corrected chi connectivity index (χ2v) is 9.11. The maximum absolute atomic E-state index is 11.3.